The summed E-state index contributed by atoms with van der Waals surface area (Å²) in [5.74, 6) is -1.52. The molecule has 2 atom stereocenters. The van der Waals surface area contributed by atoms with E-state index in [9.17, 15) is 18.4 Å². The highest BCUT2D eigenvalue weighted by molar-refractivity contribution is 5.89. The van der Waals surface area contributed by atoms with Crippen LogP contribution in [0.3, 0.4) is 0 Å². The third kappa shape index (κ3) is 7.74. The first kappa shape index (κ1) is 28.1. The molecule has 2 aromatic carbocycles. The van der Waals surface area contributed by atoms with E-state index >= 15 is 0 Å². The molecule has 200 valence electrons. The minimum absolute atomic E-state index is 0.0632. The fraction of sp³-hybridized carbons (Fsp3) is 0.464. The lowest BCUT2D eigenvalue weighted by atomic mass is 9.75. The SMILES string of the molecule is CC(=O)OC(C)(C)C.COC(=O)c1cc([C@@H]2CCCC[C@H]2COc2cc3cn[nH]c3cc2F)ccc1F. The predicted octanol–water partition coefficient (Wildman–Crippen LogP) is 6.33. The number of rotatable bonds is 5. The molecule has 0 unspecified atom stereocenters. The second kappa shape index (κ2) is 12.2. The largest absolute Gasteiger partial charge is 0.490 e. The van der Waals surface area contributed by atoms with Crippen molar-refractivity contribution in [2.75, 3.05) is 13.7 Å². The molecule has 3 aromatic rings. The first-order valence-corrected chi connectivity index (χ1v) is 12.3. The van der Waals surface area contributed by atoms with E-state index in [1.807, 2.05) is 20.8 Å². The number of aromatic amines is 1. The van der Waals surface area contributed by atoms with Crippen LogP contribution in [0.2, 0.25) is 0 Å². The Bertz CT molecular complexity index is 1240. The van der Waals surface area contributed by atoms with Crippen LogP contribution in [0.15, 0.2) is 36.5 Å². The third-order valence-electron chi connectivity index (χ3n) is 6.13. The quantitative estimate of drug-likeness (QED) is 0.399. The second-order valence-corrected chi connectivity index (χ2v) is 10.1. The van der Waals surface area contributed by atoms with Gasteiger partial charge in [-0.25, -0.2) is 13.6 Å². The number of carbonyl (C=O) groups is 2. The van der Waals surface area contributed by atoms with Gasteiger partial charge in [-0.15, -0.1) is 0 Å². The molecule has 9 heteroatoms. The van der Waals surface area contributed by atoms with Crippen molar-refractivity contribution in [3.63, 3.8) is 0 Å². The van der Waals surface area contributed by atoms with Crippen LogP contribution >= 0.6 is 0 Å². The van der Waals surface area contributed by atoms with Crippen molar-refractivity contribution in [3.05, 3.63) is 59.3 Å². The average molecular weight is 517 g/mol. The van der Waals surface area contributed by atoms with Crippen molar-refractivity contribution >= 4 is 22.8 Å². The van der Waals surface area contributed by atoms with Gasteiger partial charge in [-0.05, 0) is 69.2 Å². The van der Waals surface area contributed by atoms with Gasteiger partial charge in [-0.3, -0.25) is 9.89 Å². The summed E-state index contributed by atoms with van der Waals surface area (Å²) < 4.78 is 43.7. The fourth-order valence-corrected chi connectivity index (χ4v) is 4.57. The Morgan fingerprint density at radius 3 is 2.46 bits per heavy atom. The number of hydrogen-bond donors (Lipinski definition) is 1. The zero-order chi connectivity index (χ0) is 27.2. The van der Waals surface area contributed by atoms with Gasteiger partial charge in [-0.1, -0.05) is 18.9 Å². The number of H-pyrrole nitrogens is 1. The minimum atomic E-state index is -0.691. The van der Waals surface area contributed by atoms with Crippen LogP contribution in [0.25, 0.3) is 10.9 Å². The standard InChI is InChI=1S/C22H22F2N2O3.C6H12O2/c1-28-22(27)17-8-13(6-7-18(17)23)16-5-3-2-4-14(16)12-29-21-9-15-11-25-26-20(15)10-19(21)24;1-5(7)8-6(2,3)4/h6-11,14,16H,2-5,12H2,1H3,(H,25,26);1-4H3/t14-,16-;/m0./s1. The molecule has 1 heterocycles. The fourth-order valence-electron chi connectivity index (χ4n) is 4.57. The van der Waals surface area contributed by atoms with E-state index in [1.165, 1.54) is 26.2 Å². The van der Waals surface area contributed by atoms with Crippen molar-refractivity contribution < 1.29 is 32.6 Å². The Morgan fingerprint density at radius 2 is 1.81 bits per heavy atom. The number of hydrogen-bond acceptors (Lipinski definition) is 6. The van der Waals surface area contributed by atoms with Gasteiger partial charge in [0.05, 0.1) is 31.0 Å². The van der Waals surface area contributed by atoms with Crippen molar-refractivity contribution in [2.45, 2.75) is 64.9 Å². The van der Waals surface area contributed by atoms with Gasteiger partial charge in [0.2, 0.25) is 0 Å². The minimum Gasteiger partial charge on any atom is -0.490 e. The smallest absolute Gasteiger partial charge is 0.340 e. The van der Waals surface area contributed by atoms with Crippen LogP contribution in [0, 0.1) is 17.6 Å². The van der Waals surface area contributed by atoms with E-state index in [2.05, 4.69) is 14.9 Å². The van der Waals surface area contributed by atoms with E-state index in [1.54, 1.807) is 24.4 Å². The molecule has 37 heavy (non-hydrogen) atoms. The van der Waals surface area contributed by atoms with Crippen molar-refractivity contribution in [2.24, 2.45) is 5.92 Å². The maximum atomic E-state index is 14.3. The van der Waals surface area contributed by atoms with Crippen molar-refractivity contribution in [3.8, 4) is 5.75 Å². The van der Waals surface area contributed by atoms with E-state index in [4.69, 9.17) is 9.47 Å². The Morgan fingerprint density at radius 1 is 1.08 bits per heavy atom. The second-order valence-electron chi connectivity index (χ2n) is 10.1. The molecular weight excluding hydrogens is 482 g/mol. The van der Waals surface area contributed by atoms with Crippen LogP contribution in [-0.4, -0.2) is 41.5 Å². The molecule has 0 aliphatic heterocycles. The van der Waals surface area contributed by atoms with Gasteiger partial charge in [0.1, 0.15) is 11.4 Å². The Balaban J connectivity index is 0.000000414. The molecule has 0 amide bonds. The highest BCUT2D eigenvalue weighted by Gasteiger charge is 2.29. The number of methoxy groups -OCH3 is 1. The lowest BCUT2D eigenvalue weighted by Crippen LogP contribution is -2.24. The summed E-state index contributed by atoms with van der Waals surface area (Å²) in [5, 5.41) is 7.42. The Kier molecular flexibility index (Phi) is 9.23. The number of aromatic nitrogens is 2. The topological polar surface area (TPSA) is 90.5 Å². The molecule has 1 aromatic heterocycles. The summed E-state index contributed by atoms with van der Waals surface area (Å²) in [7, 11) is 1.23. The number of nitrogens with zero attached hydrogens (tertiary/aromatic N) is 1. The molecule has 1 aliphatic carbocycles. The highest BCUT2D eigenvalue weighted by Crippen LogP contribution is 2.39. The molecule has 1 aliphatic rings. The number of ether oxygens (including phenoxy) is 3. The maximum Gasteiger partial charge on any atom is 0.340 e. The van der Waals surface area contributed by atoms with Crippen molar-refractivity contribution in [1.82, 2.24) is 10.2 Å². The van der Waals surface area contributed by atoms with Gasteiger partial charge in [0.15, 0.2) is 11.6 Å². The zero-order valence-corrected chi connectivity index (χ0v) is 21.9. The van der Waals surface area contributed by atoms with Gasteiger partial charge >= 0.3 is 11.9 Å². The average Bonchev–Trinajstić information content (AvgIpc) is 3.28. The van der Waals surface area contributed by atoms with Gasteiger partial charge in [0.25, 0.3) is 0 Å². The number of fused-ring (bicyclic) bond motifs is 1. The monoisotopic (exact) mass is 516 g/mol. The van der Waals surface area contributed by atoms with Gasteiger partial charge in [-0.2, -0.15) is 5.10 Å². The highest BCUT2D eigenvalue weighted by atomic mass is 19.1. The molecule has 1 N–H and O–H groups in total. The number of nitrogens with one attached hydrogen (secondary N) is 1. The molecule has 7 nitrogen and oxygen atoms in total. The maximum absolute atomic E-state index is 14.3. The number of carbonyl (C=O) groups excluding carboxylic acids is 2. The summed E-state index contributed by atoms with van der Waals surface area (Å²) in [6.07, 6.45) is 5.55. The number of benzene rings is 2. The molecule has 0 radical (unpaired) electrons. The van der Waals surface area contributed by atoms with Crippen LogP contribution in [0.5, 0.6) is 5.75 Å². The normalized spacial score (nSPS) is 17.5. The first-order valence-electron chi connectivity index (χ1n) is 12.3. The summed E-state index contributed by atoms with van der Waals surface area (Å²) in [6.45, 7) is 7.28. The molecule has 1 saturated carbocycles. The van der Waals surface area contributed by atoms with E-state index in [0.29, 0.717) is 12.1 Å². The number of halogens is 2. The predicted molar refractivity (Wildman–Crippen MR) is 136 cm³/mol. The van der Waals surface area contributed by atoms with Crippen LogP contribution in [0.1, 0.15) is 75.2 Å². The van der Waals surface area contributed by atoms with Crippen LogP contribution in [-0.2, 0) is 14.3 Å². The van der Waals surface area contributed by atoms with Crippen molar-refractivity contribution in [1.29, 1.82) is 0 Å². The van der Waals surface area contributed by atoms with E-state index < -0.39 is 17.6 Å². The molecule has 1 fully saturated rings. The summed E-state index contributed by atoms with van der Waals surface area (Å²) in [4.78, 5) is 22.1. The molecule has 4 rings (SSSR count). The summed E-state index contributed by atoms with van der Waals surface area (Å²) in [5.41, 5.74) is 1.11. The lowest BCUT2D eigenvalue weighted by Gasteiger charge is -2.32. The molecular formula is C28H34F2N2O5. The molecule has 0 spiro atoms. The molecule has 0 bridgehead atoms. The van der Waals surface area contributed by atoms with Gasteiger partial charge in [0, 0.05) is 18.4 Å². The number of esters is 2. The lowest BCUT2D eigenvalue weighted by molar-refractivity contribution is -0.151. The summed E-state index contributed by atoms with van der Waals surface area (Å²) in [6, 6.07) is 7.60. The van der Waals surface area contributed by atoms with E-state index in [0.717, 1.165) is 36.6 Å². The first-order chi connectivity index (χ1) is 17.5. The third-order valence-corrected chi connectivity index (χ3v) is 6.13. The zero-order valence-electron chi connectivity index (χ0n) is 21.9. The Labute approximate surface area is 215 Å². The molecule has 0 saturated heterocycles. The Hall–Kier alpha value is -3.49. The van der Waals surface area contributed by atoms with Crippen LogP contribution < -0.4 is 4.74 Å². The van der Waals surface area contributed by atoms with Gasteiger partial charge < -0.3 is 14.2 Å². The summed E-state index contributed by atoms with van der Waals surface area (Å²) >= 11 is 0. The van der Waals surface area contributed by atoms with Crippen LogP contribution in [0.4, 0.5) is 8.78 Å². The van der Waals surface area contributed by atoms with E-state index in [-0.39, 0.29) is 34.7 Å².